The van der Waals surface area contributed by atoms with Gasteiger partial charge in [-0.1, -0.05) is 41.5 Å². The maximum absolute atomic E-state index is 12.5. The molecule has 3 rings (SSSR count). The van der Waals surface area contributed by atoms with Crippen molar-refractivity contribution in [3.8, 4) is 0 Å². The number of nitrogens with zero attached hydrogens (tertiary/aromatic N) is 5. The van der Waals surface area contributed by atoms with Crippen molar-refractivity contribution in [2.45, 2.75) is 6.54 Å². The maximum Gasteiger partial charge on any atom is 0.261 e. The fourth-order valence-electron chi connectivity index (χ4n) is 2.15. The van der Waals surface area contributed by atoms with Gasteiger partial charge in [0.25, 0.3) is 5.56 Å². The van der Waals surface area contributed by atoms with Crippen molar-refractivity contribution in [2.75, 3.05) is 0 Å². The van der Waals surface area contributed by atoms with E-state index < -0.39 is 0 Å². The minimum Gasteiger partial charge on any atom is -0.294 e. The first-order valence-corrected chi connectivity index (χ1v) is 6.36. The molecule has 1 heterocycles. The lowest BCUT2D eigenvalue weighted by Crippen LogP contribution is -2.21. The van der Waals surface area contributed by atoms with Crippen LogP contribution in [0.5, 0.6) is 0 Å². The zero-order valence-corrected chi connectivity index (χ0v) is 11.0. The average molecular weight is 277 g/mol. The van der Waals surface area contributed by atoms with E-state index in [1.165, 1.54) is 10.9 Å². The van der Waals surface area contributed by atoms with Gasteiger partial charge in [0, 0.05) is 10.6 Å². The summed E-state index contributed by atoms with van der Waals surface area (Å²) in [4.78, 5) is 19.5. The summed E-state index contributed by atoms with van der Waals surface area (Å²) in [6.45, 7) is 0.453. The highest BCUT2D eigenvalue weighted by atomic mass is 16.1. The lowest BCUT2D eigenvalue weighted by atomic mass is 10.2. The summed E-state index contributed by atoms with van der Waals surface area (Å²) in [6.07, 6.45) is 1.53. The highest BCUT2D eigenvalue weighted by Gasteiger charge is 2.05. The molecule has 0 aliphatic heterocycles. The van der Waals surface area contributed by atoms with E-state index in [9.17, 15) is 4.79 Å². The Hall–Kier alpha value is -3.11. The SMILES string of the molecule is [N-]=[N+]=Nc1ccc2ncn(Cc3ccccc3)c(=O)c2c1. The number of rotatable bonds is 3. The monoisotopic (exact) mass is 277 g/mol. The molecule has 0 radical (unpaired) electrons. The smallest absolute Gasteiger partial charge is 0.261 e. The van der Waals surface area contributed by atoms with E-state index in [2.05, 4.69) is 15.0 Å². The highest BCUT2D eigenvalue weighted by molar-refractivity contribution is 5.80. The van der Waals surface area contributed by atoms with E-state index >= 15 is 0 Å². The van der Waals surface area contributed by atoms with E-state index in [0.29, 0.717) is 23.1 Å². The van der Waals surface area contributed by atoms with Crippen molar-refractivity contribution < 1.29 is 0 Å². The van der Waals surface area contributed by atoms with E-state index in [1.54, 1.807) is 18.2 Å². The van der Waals surface area contributed by atoms with Crippen LogP contribution in [-0.4, -0.2) is 9.55 Å². The average Bonchev–Trinajstić information content (AvgIpc) is 2.52. The molecule has 6 heteroatoms. The zero-order chi connectivity index (χ0) is 14.7. The van der Waals surface area contributed by atoms with Crippen molar-refractivity contribution in [1.82, 2.24) is 9.55 Å². The Bertz CT molecular complexity index is 895. The van der Waals surface area contributed by atoms with Crippen LogP contribution in [0.3, 0.4) is 0 Å². The molecular weight excluding hydrogens is 266 g/mol. The third kappa shape index (κ3) is 2.61. The van der Waals surface area contributed by atoms with Crippen molar-refractivity contribution in [1.29, 1.82) is 0 Å². The van der Waals surface area contributed by atoms with Crippen LogP contribution in [0, 0.1) is 0 Å². The van der Waals surface area contributed by atoms with Crippen LogP contribution in [0.4, 0.5) is 5.69 Å². The van der Waals surface area contributed by atoms with Crippen molar-refractivity contribution in [2.24, 2.45) is 5.11 Å². The molecule has 0 atom stereocenters. The number of fused-ring (bicyclic) bond motifs is 1. The largest absolute Gasteiger partial charge is 0.294 e. The third-order valence-corrected chi connectivity index (χ3v) is 3.16. The molecule has 0 fully saturated rings. The standard InChI is InChI=1S/C15H11N5O/c16-19-18-12-6-7-14-13(8-12)15(21)20(10-17-14)9-11-4-2-1-3-5-11/h1-8,10H,9H2. The van der Waals surface area contributed by atoms with E-state index in [4.69, 9.17) is 5.53 Å². The summed E-state index contributed by atoms with van der Waals surface area (Å²) in [6, 6.07) is 14.6. The first kappa shape index (κ1) is 12.9. The summed E-state index contributed by atoms with van der Waals surface area (Å²) in [5, 5.41) is 3.96. The maximum atomic E-state index is 12.5. The Morgan fingerprint density at radius 3 is 2.76 bits per heavy atom. The van der Waals surface area contributed by atoms with Gasteiger partial charge in [0.1, 0.15) is 0 Å². The number of hydrogen-bond donors (Lipinski definition) is 0. The van der Waals surface area contributed by atoms with Gasteiger partial charge in [-0.3, -0.25) is 9.36 Å². The summed E-state index contributed by atoms with van der Waals surface area (Å²) in [5.41, 5.74) is 10.3. The minimum atomic E-state index is -0.154. The van der Waals surface area contributed by atoms with E-state index in [-0.39, 0.29) is 5.56 Å². The van der Waals surface area contributed by atoms with Gasteiger partial charge in [-0.15, -0.1) is 0 Å². The normalized spacial score (nSPS) is 10.3. The van der Waals surface area contributed by atoms with Crippen LogP contribution in [0.1, 0.15) is 5.56 Å². The molecule has 0 saturated heterocycles. The molecule has 21 heavy (non-hydrogen) atoms. The summed E-state index contributed by atoms with van der Waals surface area (Å²) >= 11 is 0. The molecule has 2 aromatic carbocycles. The summed E-state index contributed by atoms with van der Waals surface area (Å²) < 4.78 is 1.54. The lowest BCUT2D eigenvalue weighted by Gasteiger charge is -2.07. The third-order valence-electron chi connectivity index (χ3n) is 3.16. The molecule has 102 valence electrons. The summed E-state index contributed by atoms with van der Waals surface area (Å²) in [5.74, 6) is 0. The van der Waals surface area contributed by atoms with Crippen molar-refractivity contribution in [3.63, 3.8) is 0 Å². The number of hydrogen-bond acceptors (Lipinski definition) is 3. The van der Waals surface area contributed by atoms with Crippen molar-refractivity contribution in [3.05, 3.63) is 81.2 Å². The fourth-order valence-corrected chi connectivity index (χ4v) is 2.15. The predicted molar refractivity (Wildman–Crippen MR) is 80.4 cm³/mol. The van der Waals surface area contributed by atoms with E-state index in [0.717, 1.165) is 5.56 Å². The lowest BCUT2D eigenvalue weighted by molar-refractivity contribution is 0.748. The van der Waals surface area contributed by atoms with Gasteiger partial charge in [-0.25, -0.2) is 4.98 Å². The van der Waals surface area contributed by atoms with Crippen molar-refractivity contribution >= 4 is 16.6 Å². The van der Waals surface area contributed by atoms with Gasteiger partial charge in [-0.2, -0.15) is 0 Å². The number of benzene rings is 2. The van der Waals surface area contributed by atoms with Crippen LogP contribution in [-0.2, 0) is 6.54 Å². The zero-order valence-electron chi connectivity index (χ0n) is 11.0. The van der Waals surface area contributed by atoms with Crippen LogP contribution < -0.4 is 5.56 Å². The second-order valence-electron chi connectivity index (χ2n) is 4.55. The number of aromatic nitrogens is 2. The van der Waals surface area contributed by atoms with Crippen LogP contribution >= 0.6 is 0 Å². The van der Waals surface area contributed by atoms with Gasteiger partial charge in [0.2, 0.25) is 0 Å². The fraction of sp³-hybridized carbons (Fsp3) is 0.0667. The molecule has 0 amide bonds. The number of azide groups is 1. The molecular formula is C15H11N5O. The molecule has 0 bridgehead atoms. The van der Waals surface area contributed by atoms with E-state index in [1.807, 2.05) is 30.3 Å². The van der Waals surface area contributed by atoms with Crippen LogP contribution in [0.15, 0.2) is 64.8 Å². The Kier molecular flexibility index (Phi) is 3.37. The first-order chi connectivity index (χ1) is 10.3. The Morgan fingerprint density at radius 1 is 1.19 bits per heavy atom. The highest BCUT2D eigenvalue weighted by Crippen LogP contribution is 2.17. The summed E-state index contributed by atoms with van der Waals surface area (Å²) in [7, 11) is 0. The molecule has 0 saturated carbocycles. The van der Waals surface area contributed by atoms with Gasteiger partial charge in [0.15, 0.2) is 0 Å². The molecule has 6 nitrogen and oxygen atoms in total. The Morgan fingerprint density at radius 2 is 2.00 bits per heavy atom. The second kappa shape index (κ2) is 5.48. The predicted octanol–water partition coefficient (Wildman–Crippen LogP) is 3.39. The molecule has 0 spiro atoms. The molecule has 1 aromatic heterocycles. The van der Waals surface area contributed by atoms with Crippen LogP contribution in [0.25, 0.3) is 21.3 Å². The molecule has 0 aliphatic rings. The first-order valence-electron chi connectivity index (χ1n) is 6.36. The molecule has 0 aliphatic carbocycles. The van der Waals surface area contributed by atoms with Crippen LogP contribution in [0.2, 0.25) is 0 Å². The Balaban J connectivity index is 2.10. The Labute approximate surface area is 119 Å². The molecule has 0 unspecified atom stereocenters. The van der Waals surface area contributed by atoms with Gasteiger partial charge < -0.3 is 0 Å². The van der Waals surface area contributed by atoms with Gasteiger partial charge in [0.05, 0.1) is 23.8 Å². The topological polar surface area (TPSA) is 83.7 Å². The minimum absolute atomic E-state index is 0.154. The quantitative estimate of drug-likeness (QED) is 0.417. The van der Waals surface area contributed by atoms with Gasteiger partial charge in [-0.05, 0) is 23.2 Å². The molecule has 0 N–H and O–H groups in total. The second-order valence-corrected chi connectivity index (χ2v) is 4.55. The van der Waals surface area contributed by atoms with Gasteiger partial charge >= 0.3 is 0 Å². The molecule has 3 aromatic rings.